The third kappa shape index (κ3) is 2.70. The molecule has 1 atom stereocenters. The first kappa shape index (κ1) is 16.4. The van der Waals surface area contributed by atoms with E-state index in [9.17, 15) is 8.78 Å². The van der Waals surface area contributed by atoms with Crippen molar-refractivity contribution in [3.05, 3.63) is 64.9 Å². The lowest BCUT2D eigenvalue weighted by Gasteiger charge is -2.26. The quantitative estimate of drug-likeness (QED) is 0.475. The van der Waals surface area contributed by atoms with Crippen molar-refractivity contribution in [3.8, 4) is 0 Å². The van der Waals surface area contributed by atoms with Crippen LogP contribution in [-0.2, 0) is 0 Å². The van der Waals surface area contributed by atoms with Crippen LogP contribution in [0.3, 0.4) is 0 Å². The van der Waals surface area contributed by atoms with Gasteiger partial charge in [0.25, 0.3) is 0 Å². The van der Waals surface area contributed by atoms with Gasteiger partial charge < -0.3 is 4.90 Å². The topological polar surface area (TPSA) is 46.3 Å². The Hall–Kier alpha value is -2.80. The zero-order chi connectivity index (χ0) is 18.5. The van der Waals surface area contributed by atoms with E-state index in [-0.39, 0.29) is 6.04 Å². The molecule has 1 unspecified atom stereocenters. The predicted octanol–water partition coefficient (Wildman–Crippen LogP) is 4.55. The van der Waals surface area contributed by atoms with Gasteiger partial charge in [-0.25, -0.2) is 23.3 Å². The maximum atomic E-state index is 14.3. The molecule has 1 saturated heterocycles. The second-order valence-corrected chi connectivity index (χ2v) is 6.96. The van der Waals surface area contributed by atoms with Crippen LogP contribution in [-0.4, -0.2) is 26.1 Å². The maximum absolute atomic E-state index is 14.3. The van der Waals surface area contributed by atoms with Crippen LogP contribution in [0, 0.1) is 11.6 Å². The lowest BCUT2D eigenvalue weighted by molar-refractivity contribution is 0.560. The number of anilines is 1. The average molecular weight is 386 g/mol. The van der Waals surface area contributed by atoms with E-state index in [1.165, 1.54) is 12.1 Å². The predicted molar refractivity (Wildman–Crippen MR) is 99.0 cm³/mol. The first-order chi connectivity index (χ1) is 13.1. The smallest absolute Gasteiger partial charge is 0.185 e. The number of aromatic nitrogens is 4. The molecule has 4 aromatic rings. The zero-order valence-electron chi connectivity index (χ0n) is 14.1. The van der Waals surface area contributed by atoms with E-state index in [2.05, 4.69) is 10.1 Å². The fourth-order valence-electron chi connectivity index (χ4n) is 3.74. The van der Waals surface area contributed by atoms with Crippen LogP contribution in [0.2, 0.25) is 5.15 Å². The summed E-state index contributed by atoms with van der Waals surface area (Å²) in [6.07, 6.45) is 3.42. The van der Waals surface area contributed by atoms with Gasteiger partial charge in [0.2, 0.25) is 0 Å². The molecular formula is C19H14ClF2N5. The largest absolute Gasteiger partial charge is 0.349 e. The van der Waals surface area contributed by atoms with Gasteiger partial charge in [0, 0.05) is 18.3 Å². The van der Waals surface area contributed by atoms with Crippen molar-refractivity contribution in [2.24, 2.45) is 0 Å². The summed E-state index contributed by atoms with van der Waals surface area (Å²) < 4.78 is 29.6. The van der Waals surface area contributed by atoms with Gasteiger partial charge >= 0.3 is 0 Å². The van der Waals surface area contributed by atoms with Crippen molar-refractivity contribution < 1.29 is 8.78 Å². The first-order valence-electron chi connectivity index (χ1n) is 8.63. The fourth-order valence-corrected chi connectivity index (χ4v) is 3.88. The van der Waals surface area contributed by atoms with Gasteiger partial charge in [0.1, 0.15) is 22.6 Å². The Labute approximate surface area is 158 Å². The summed E-state index contributed by atoms with van der Waals surface area (Å²) in [6.45, 7) is 0.722. The highest BCUT2D eigenvalue weighted by atomic mass is 35.5. The zero-order valence-corrected chi connectivity index (χ0v) is 14.9. The number of nitrogens with zero attached hydrogens (tertiary/aromatic N) is 5. The van der Waals surface area contributed by atoms with Crippen LogP contribution < -0.4 is 4.90 Å². The third-order valence-electron chi connectivity index (χ3n) is 4.95. The normalized spacial score (nSPS) is 17.3. The highest BCUT2D eigenvalue weighted by Gasteiger charge is 2.30. The summed E-state index contributed by atoms with van der Waals surface area (Å²) in [5.41, 5.74) is 1.53. The van der Waals surface area contributed by atoms with Crippen molar-refractivity contribution in [3.63, 3.8) is 0 Å². The van der Waals surface area contributed by atoms with Crippen LogP contribution in [0.1, 0.15) is 24.4 Å². The molecule has 0 aliphatic carbocycles. The Balaban J connectivity index is 1.61. The van der Waals surface area contributed by atoms with E-state index in [1.807, 2.05) is 17.0 Å². The SMILES string of the molecule is Fc1ccc(F)c(C2CCCN2c2ccn3nc4nc(Cl)ccc4c3n2)c1. The molecule has 136 valence electrons. The molecule has 5 rings (SSSR count). The summed E-state index contributed by atoms with van der Waals surface area (Å²) in [6, 6.07) is 8.69. The van der Waals surface area contributed by atoms with Crippen LogP contribution in [0.5, 0.6) is 0 Å². The molecule has 0 spiro atoms. The minimum atomic E-state index is -0.439. The molecule has 27 heavy (non-hydrogen) atoms. The highest BCUT2D eigenvalue weighted by Crippen LogP contribution is 2.37. The molecule has 4 heterocycles. The maximum Gasteiger partial charge on any atom is 0.185 e. The molecular weight excluding hydrogens is 372 g/mol. The number of hydrogen-bond donors (Lipinski definition) is 0. The molecule has 1 fully saturated rings. The van der Waals surface area contributed by atoms with Crippen molar-refractivity contribution >= 4 is 34.1 Å². The minimum Gasteiger partial charge on any atom is -0.349 e. The van der Waals surface area contributed by atoms with Gasteiger partial charge in [0.05, 0.1) is 11.4 Å². The van der Waals surface area contributed by atoms with E-state index < -0.39 is 11.6 Å². The molecule has 1 aliphatic heterocycles. The molecule has 1 aliphatic rings. The van der Waals surface area contributed by atoms with Gasteiger partial charge in [-0.15, -0.1) is 5.10 Å². The Morgan fingerprint density at radius 1 is 1.07 bits per heavy atom. The Morgan fingerprint density at radius 2 is 1.96 bits per heavy atom. The summed E-state index contributed by atoms with van der Waals surface area (Å²) in [4.78, 5) is 11.0. The van der Waals surface area contributed by atoms with Gasteiger partial charge in [-0.3, -0.25) is 0 Å². The van der Waals surface area contributed by atoms with Crippen LogP contribution in [0.15, 0.2) is 42.6 Å². The summed E-state index contributed by atoms with van der Waals surface area (Å²) in [5.74, 6) is -0.139. The Kier molecular flexibility index (Phi) is 3.72. The number of pyridine rings is 1. The molecule has 1 aromatic carbocycles. The van der Waals surface area contributed by atoms with E-state index in [4.69, 9.17) is 16.6 Å². The molecule has 0 amide bonds. The number of benzene rings is 1. The van der Waals surface area contributed by atoms with Gasteiger partial charge in [-0.2, -0.15) is 0 Å². The van der Waals surface area contributed by atoms with E-state index in [1.54, 1.807) is 16.8 Å². The number of halogens is 3. The lowest BCUT2D eigenvalue weighted by Crippen LogP contribution is -2.24. The second kappa shape index (κ2) is 6.13. The standard InChI is InChI=1S/C19H14ClF2N5/c20-16-6-4-12-18(23-16)25-27-9-7-17(24-19(12)27)26-8-1-2-15(26)13-10-11(21)3-5-14(13)22/h3-7,9-10,15H,1-2,8H2. The molecule has 0 N–H and O–H groups in total. The number of fused-ring (bicyclic) bond motifs is 3. The molecule has 5 nitrogen and oxygen atoms in total. The monoisotopic (exact) mass is 385 g/mol. The van der Waals surface area contributed by atoms with Gasteiger partial charge in [0.15, 0.2) is 11.3 Å². The van der Waals surface area contributed by atoms with Crippen molar-refractivity contribution in [1.82, 2.24) is 19.6 Å². The van der Waals surface area contributed by atoms with Crippen LogP contribution in [0.25, 0.3) is 16.7 Å². The number of rotatable bonds is 2. The molecule has 0 radical (unpaired) electrons. The van der Waals surface area contributed by atoms with Crippen molar-refractivity contribution in [1.29, 1.82) is 0 Å². The molecule has 8 heteroatoms. The van der Waals surface area contributed by atoms with E-state index in [0.717, 1.165) is 30.8 Å². The fraction of sp³-hybridized carbons (Fsp3) is 0.211. The minimum absolute atomic E-state index is 0.252. The first-order valence-corrected chi connectivity index (χ1v) is 9.01. The lowest BCUT2D eigenvalue weighted by atomic mass is 10.0. The summed E-state index contributed by atoms with van der Waals surface area (Å²) >= 11 is 5.94. The van der Waals surface area contributed by atoms with E-state index >= 15 is 0 Å². The Bertz CT molecular complexity index is 1180. The summed E-state index contributed by atoms with van der Waals surface area (Å²) in [7, 11) is 0. The van der Waals surface area contributed by atoms with Crippen LogP contribution in [0.4, 0.5) is 14.6 Å². The average Bonchev–Trinajstić information content (AvgIpc) is 3.27. The molecule has 0 saturated carbocycles. The van der Waals surface area contributed by atoms with E-state index in [0.29, 0.717) is 27.8 Å². The third-order valence-corrected chi connectivity index (χ3v) is 5.16. The van der Waals surface area contributed by atoms with Gasteiger partial charge in [-0.1, -0.05) is 11.6 Å². The molecule has 3 aromatic heterocycles. The summed E-state index contributed by atoms with van der Waals surface area (Å²) in [5, 5.41) is 5.53. The van der Waals surface area contributed by atoms with Crippen molar-refractivity contribution in [2.45, 2.75) is 18.9 Å². The van der Waals surface area contributed by atoms with Crippen molar-refractivity contribution in [2.75, 3.05) is 11.4 Å². The second-order valence-electron chi connectivity index (χ2n) is 6.58. The van der Waals surface area contributed by atoms with Crippen LogP contribution >= 0.6 is 11.6 Å². The van der Waals surface area contributed by atoms with Gasteiger partial charge in [-0.05, 0) is 49.2 Å². The Morgan fingerprint density at radius 3 is 2.85 bits per heavy atom. The highest BCUT2D eigenvalue weighted by molar-refractivity contribution is 6.29. The molecule has 0 bridgehead atoms. The number of hydrogen-bond acceptors (Lipinski definition) is 4.